The Balaban J connectivity index is 2.72. The van der Waals surface area contributed by atoms with Gasteiger partial charge in [0, 0.05) is 24.7 Å². The number of nitriles is 1. The van der Waals surface area contributed by atoms with Gasteiger partial charge >= 0.3 is 0 Å². The summed E-state index contributed by atoms with van der Waals surface area (Å²) in [5.41, 5.74) is 3.39. The highest BCUT2D eigenvalue weighted by molar-refractivity contribution is 5.33. The Bertz CT molecular complexity index is 397. The van der Waals surface area contributed by atoms with Gasteiger partial charge in [0.05, 0.1) is 12.6 Å². The first-order valence-electron chi connectivity index (χ1n) is 5.60. The van der Waals surface area contributed by atoms with Crippen LogP contribution in [0.1, 0.15) is 24.9 Å². The smallest absolute Gasteiger partial charge is 0.145 e. The lowest BCUT2D eigenvalue weighted by Gasteiger charge is -2.18. The molecule has 6 nitrogen and oxygen atoms in total. The monoisotopic (exact) mass is 234 g/mol. The van der Waals surface area contributed by atoms with Crippen LogP contribution in [-0.2, 0) is 6.54 Å². The number of anilines is 1. The summed E-state index contributed by atoms with van der Waals surface area (Å²) in [4.78, 5) is 10.7. The molecule has 0 aliphatic carbocycles. The van der Waals surface area contributed by atoms with Crippen molar-refractivity contribution in [3.05, 3.63) is 17.6 Å². The standard InChI is InChI=1S/C11H18N6/c1-3-17(6-4-5-12)8-11-14-9(2)7-10(15-11)16-13/h7H,3-4,6,8,13H2,1-2H3,(H,14,15,16). The van der Waals surface area contributed by atoms with Crippen LogP contribution < -0.4 is 11.3 Å². The fourth-order valence-electron chi connectivity index (χ4n) is 1.53. The molecule has 0 aliphatic rings. The molecule has 0 fully saturated rings. The summed E-state index contributed by atoms with van der Waals surface area (Å²) in [5.74, 6) is 6.67. The average Bonchev–Trinajstić information content (AvgIpc) is 2.33. The predicted octanol–water partition coefficient (Wildman–Crippen LogP) is 0.806. The number of nitrogens with one attached hydrogen (secondary N) is 1. The molecule has 0 atom stereocenters. The van der Waals surface area contributed by atoms with Gasteiger partial charge in [-0.2, -0.15) is 5.26 Å². The van der Waals surface area contributed by atoms with Crippen molar-refractivity contribution >= 4 is 5.82 Å². The first-order chi connectivity index (χ1) is 8.19. The molecule has 0 unspecified atom stereocenters. The third kappa shape index (κ3) is 4.34. The van der Waals surface area contributed by atoms with E-state index in [0.29, 0.717) is 18.8 Å². The van der Waals surface area contributed by atoms with E-state index in [0.717, 1.165) is 24.6 Å². The molecule has 0 aliphatic heterocycles. The molecule has 92 valence electrons. The molecule has 0 amide bonds. The Kier molecular flexibility index (Phi) is 5.33. The van der Waals surface area contributed by atoms with Crippen LogP contribution in [0.2, 0.25) is 0 Å². The zero-order valence-electron chi connectivity index (χ0n) is 10.3. The third-order valence-corrected chi connectivity index (χ3v) is 2.40. The topological polar surface area (TPSA) is 90.9 Å². The highest BCUT2D eigenvalue weighted by atomic mass is 15.3. The second kappa shape index (κ2) is 6.78. The quantitative estimate of drug-likeness (QED) is 0.559. The Labute approximate surface area is 101 Å². The molecular weight excluding hydrogens is 216 g/mol. The first-order valence-corrected chi connectivity index (χ1v) is 5.60. The molecule has 3 N–H and O–H groups in total. The fourth-order valence-corrected chi connectivity index (χ4v) is 1.53. The van der Waals surface area contributed by atoms with Crippen molar-refractivity contribution in [3.8, 4) is 6.07 Å². The van der Waals surface area contributed by atoms with E-state index in [9.17, 15) is 0 Å². The summed E-state index contributed by atoms with van der Waals surface area (Å²) in [5, 5.41) is 8.57. The van der Waals surface area contributed by atoms with Crippen molar-refractivity contribution < 1.29 is 0 Å². The fraction of sp³-hybridized carbons (Fsp3) is 0.545. The molecule has 0 bridgehead atoms. The molecule has 1 aromatic rings. The maximum Gasteiger partial charge on any atom is 0.145 e. The van der Waals surface area contributed by atoms with Crippen molar-refractivity contribution in [3.63, 3.8) is 0 Å². The second-order valence-electron chi connectivity index (χ2n) is 3.73. The van der Waals surface area contributed by atoms with Gasteiger partial charge in [0.15, 0.2) is 0 Å². The molecule has 0 spiro atoms. The molecule has 0 saturated heterocycles. The van der Waals surface area contributed by atoms with Crippen LogP contribution in [-0.4, -0.2) is 28.0 Å². The van der Waals surface area contributed by atoms with Crippen molar-refractivity contribution in [1.82, 2.24) is 14.9 Å². The molecule has 0 saturated carbocycles. The van der Waals surface area contributed by atoms with Gasteiger partial charge < -0.3 is 5.43 Å². The Morgan fingerprint density at radius 2 is 2.29 bits per heavy atom. The van der Waals surface area contributed by atoms with Crippen molar-refractivity contribution in [2.45, 2.75) is 26.8 Å². The number of rotatable bonds is 6. The normalized spacial score (nSPS) is 10.3. The van der Waals surface area contributed by atoms with E-state index in [-0.39, 0.29) is 0 Å². The maximum absolute atomic E-state index is 8.57. The van der Waals surface area contributed by atoms with E-state index in [1.165, 1.54) is 0 Å². The number of nitrogen functional groups attached to an aromatic ring is 1. The minimum absolute atomic E-state index is 0.516. The number of nitrogens with zero attached hydrogens (tertiary/aromatic N) is 4. The summed E-state index contributed by atoms with van der Waals surface area (Å²) < 4.78 is 0. The zero-order valence-corrected chi connectivity index (χ0v) is 10.3. The van der Waals surface area contributed by atoms with Crippen molar-refractivity contribution in [2.24, 2.45) is 5.84 Å². The van der Waals surface area contributed by atoms with Crippen LogP contribution in [0.15, 0.2) is 6.07 Å². The lowest BCUT2D eigenvalue weighted by molar-refractivity contribution is 0.279. The van der Waals surface area contributed by atoms with E-state index in [2.05, 4.69) is 33.3 Å². The van der Waals surface area contributed by atoms with E-state index in [1.807, 2.05) is 6.92 Å². The molecule has 1 aromatic heterocycles. The van der Waals surface area contributed by atoms with Crippen LogP contribution in [0.5, 0.6) is 0 Å². The Hall–Kier alpha value is -1.71. The highest BCUT2D eigenvalue weighted by Crippen LogP contribution is 2.07. The molecule has 0 radical (unpaired) electrons. The van der Waals surface area contributed by atoms with Crippen LogP contribution in [0, 0.1) is 18.3 Å². The van der Waals surface area contributed by atoms with Gasteiger partial charge in [-0.05, 0) is 13.5 Å². The van der Waals surface area contributed by atoms with E-state index in [4.69, 9.17) is 11.1 Å². The second-order valence-corrected chi connectivity index (χ2v) is 3.73. The molecule has 1 heterocycles. The van der Waals surface area contributed by atoms with Gasteiger partial charge in [0.25, 0.3) is 0 Å². The number of nitrogens with two attached hydrogens (primary N) is 1. The van der Waals surface area contributed by atoms with Gasteiger partial charge in [-0.15, -0.1) is 0 Å². The third-order valence-electron chi connectivity index (χ3n) is 2.40. The number of aromatic nitrogens is 2. The highest BCUT2D eigenvalue weighted by Gasteiger charge is 2.07. The number of hydrazine groups is 1. The number of aryl methyl sites for hydroxylation is 1. The number of hydrogen-bond donors (Lipinski definition) is 2. The van der Waals surface area contributed by atoms with Crippen molar-refractivity contribution in [2.75, 3.05) is 18.5 Å². The summed E-state index contributed by atoms with van der Waals surface area (Å²) in [6, 6.07) is 3.92. The van der Waals surface area contributed by atoms with Gasteiger partial charge in [0.1, 0.15) is 11.6 Å². The van der Waals surface area contributed by atoms with Crippen LogP contribution in [0.25, 0.3) is 0 Å². The molecular formula is C11H18N6. The van der Waals surface area contributed by atoms with Crippen LogP contribution in [0.3, 0.4) is 0 Å². The minimum Gasteiger partial charge on any atom is -0.308 e. The summed E-state index contributed by atoms with van der Waals surface area (Å²) >= 11 is 0. The Morgan fingerprint density at radius 3 is 2.88 bits per heavy atom. The largest absolute Gasteiger partial charge is 0.308 e. The van der Waals surface area contributed by atoms with E-state index < -0.39 is 0 Å². The summed E-state index contributed by atoms with van der Waals surface area (Å²) in [6.07, 6.45) is 0.516. The molecule has 1 rings (SSSR count). The molecule has 17 heavy (non-hydrogen) atoms. The molecule has 6 heteroatoms. The van der Waals surface area contributed by atoms with Crippen LogP contribution in [0.4, 0.5) is 5.82 Å². The lowest BCUT2D eigenvalue weighted by atomic mass is 10.3. The molecule has 0 aromatic carbocycles. The van der Waals surface area contributed by atoms with E-state index in [1.54, 1.807) is 6.07 Å². The minimum atomic E-state index is 0.516. The average molecular weight is 234 g/mol. The van der Waals surface area contributed by atoms with Crippen LogP contribution >= 0.6 is 0 Å². The van der Waals surface area contributed by atoms with Gasteiger partial charge in [-0.3, -0.25) is 4.90 Å². The summed E-state index contributed by atoms with van der Waals surface area (Å²) in [7, 11) is 0. The summed E-state index contributed by atoms with van der Waals surface area (Å²) in [6.45, 7) is 6.18. The predicted molar refractivity (Wildman–Crippen MR) is 65.8 cm³/mol. The SMILES string of the molecule is CCN(CCC#N)Cc1nc(C)cc(NN)n1. The zero-order chi connectivity index (χ0) is 12.7. The lowest BCUT2D eigenvalue weighted by Crippen LogP contribution is -2.25. The maximum atomic E-state index is 8.57. The van der Waals surface area contributed by atoms with E-state index >= 15 is 0 Å². The van der Waals surface area contributed by atoms with Crippen molar-refractivity contribution in [1.29, 1.82) is 5.26 Å². The van der Waals surface area contributed by atoms with Gasteiger partial charge in [-0.25, -0.2) is 15.8 Å². The van der Waals surface area contributed by atoms with Gasteiger partial charge in [0.2, 0.25) is 0 Å². The Morgan fingerprint density at radius 1 is 1.53 bits per heavy atom. The number of hydrogen-bond acceptors (Lipinski definition) is 6. The first kappa shape index (κ1) is 13.4. The van der Waals surface area contributed by atoms with Gasteiger partial charge in [-0.1, -0.05) is 6.92 Å².